The first kappa shape index (κ1) is 22.0. The molecule has 0 saturated heterocycles. The highest BCUT2D eigenvalue weighted by molar-refractivity contribution is 7.92. The van der Waals surface area contributed by atoms with Crippen molar-refractivity contribution < 1.29 is 22.7 Å². The first-order chi connectivity index (χ1) is 14.8. The van der Waals surface area contributed by atoms with Gasteiger partial charge in [0.1, 0.15) is 5.75 Å². The summed E-state index contributed by atoms with van der Waals surface area (Å²) in [5, 5.41) is 2.67. The van der Waals surface area contributed by atoms with Crippen LogP contribution in [0.15, 0.2) is 59.8 Å². The van der Waals surface area contributed by atoms with E-state index in [2.05, 4.69) is 20.0 Å². The van der Waals surface area contributed by atoms with Gasteiger partial charge in [-0.1, -0.05) is 6.07 Å². The van der Waals surface area contributed by atoms with E-state index >= 15 is 0 Å². The van der Waals surface area contributed by atoms with Gasteiger partial charge in [-0.3, -0.25) is 9.52 Å². The van der Waals surface area contributed by atoms with E-state index in [0.717, 1.165) is 11.1 Å². The monoisotopic (exact) mass is 442 g/mol. The summed E-state index contributed by atoms with van der Waals surface area (Å²) in [7, 11) is -2.55. The molecule has 0 aliphatic heterocycles. The van der Waals surface area contributed by atoms with Crippen LogP contribution in [0.5, 0.6) is 11.6 Å². The molecule has 9 nitrogen and oxygen atoms in total. The molecule has 0 fully saturated rings. The molecule has 1 aromatic heterocycles. The van der Waals surface area contributed by atoms with Crippen molar-refractivity contribution in [2.45, 2.75) is 18.7 Å². The minimum atomic E-state index is -3.92. The topological polar surface area (TPSA) is 120 Å². The van der Waals surface area contributed by atoms with E-state index in [1.807, 2.05) is 32.0 Å². The first-order valence-corrected chi connectivity index (χ1v) is 10.7. The lowest BCUT2D eigenvalue weighted by molar-refractivity contribution is -0.118. The molecule has 1 heterocycles. The van der Waals surface area contributed by atoms with Gasteiger partial charge in [-0.05, 0) is 61.4 Å². The number of rotatable bonds is 8. The fourth-order valence-electron chi connectivity index (χ4n) is 2.81. The van der Waals surface area contributed by atoms with Crippen LogP contribution < -0.4 is 19.5 Å². The van der Waals surface area contributed by atoms with E-state index in [-0.39, 0.29) is 29.1 Å². The molecule has 162 valence electrons. The number of sulfonamides is 1. The quantitative estimate of drug-likeness (QED) is 0.550. The number of carbonyl (C=O) groups excluding carboxylic acids is 1. The highest BCUT2D eigenvalue weighted by Crippen LogP contribution is 2.22. The Balaban J connectivity index is 1.62. The number of hydrogen-bond donors (Lipinski definition) is 2. The third-order valence-electron chi connectivity index (χ3n) is 4.10. The van der Waals surface area contributed by atoms with Gasteiger partial charge in [0.15, 0.2) is 6.61 Å². The number of aryl methyl sites for hydroxylation is 2. The SMILES string of the molecule is COc1nccnc1NS(=O)(=O)c1ccc(NC(=O)COc2cc(C)cc(C)c2)cc1. The Hall–Kier alpha value is -3.66. The molecule has 0 saturated carbocycles. The summed E-state index contributed by atoms with van der Waals surface area (Å²) in [5.74, 6) is 0.279. The molecule has 2 aromatic carbocycles. The van der Waals surface area contributed by atoms with Gasteiger partial charge in [-0.25, -0.2) is 18.4 Å². The lowest BCUT2D eigenvalue weighted by Crippen LogP contribution is -2.20. The number of ether oxygens (including phenoxy) is 2. The van der Waals surface area contributed by atoms with Crippen LogP contribution in [0.3, 0.4) is 0 Å². The van der Waals surface area contributed by atoms with Crippen molar-refractivity contribution in [1.29, 1.82) is 0 Å². The highest BCUT2D eigenvalue weighted by Gasteiger charge is 2.18. The van der Waals surface area contributed by atoms with Crippen LogP contribution in [-0.4, -0.2) is 38.0 Å². The van der Waals surface area contributed by atoms with Gasteiger partial charge in [0.2, 0.25) is 5.82 Å². The Kier molecular flexibility index (Phi) is 6.71. The van der Waals surface area contributed by atoms with Gasteiger partial charge >= 0.3 is 0 Å². The lowest BCUT2D eigenvalue weighted by Gasteiger charge is -2.11. The average molecular weight is 442 g/mol. The molecule has 0 spiro atoms. The summed E-state index contributed by atoms with van der Waals surface area (Å²) < 4.78 is 38.0. The van der Waals surface area contributed by atoms with Crippen LogP contribution in [0.1, 0.15) is 11.1 Å². The maximum atomic E-state index is 12.6. The van der Waals surface area contributed by atoms with Gasteiger partial charge in [-0.15, -0.1) is 0 Å². The summed E-state index contributed by atoms with van der Waals surface area (Å²) in [6, 6.07) is 11.4. The average Bonchev–Trinajstić information content (AvgIpc) is 2.72. The maximum absolute atomic E-state index is 12.6. The molecule has 3 rings (SSSR count). The minimum absolute atomic E-state index is 0.00955. The van der Waals surface area contributed by atoms with E-state index in [9.17, 15) is 13.2 Å². The van der Waals surface area contributed by atoms with Crippen molar-refractivity contribution >= 4 is 27.4 Å². The number of hydrogen-bond acceptors (Lipinski definition) is 7. The van der Waals surface area contributed by atoms with E-state index in [1.54, 1.807) is 0 Å². The van der Waals surface area contributed by atoms with E-state index < -0.39 is 10.0 Å². The summed E-state index contributed by atoms with van der Waals surface area (Å²) >= 11 is 0. The highest BCUT2D eigenvalue weighted by atomic mass is 32.2. The Morgan fingerprint density at radius 2 is 1.65 bits per heavy atom. The van der Waals surface area contributed by atoms with Crippen LogP contribution in [-0.2, 0) is 14.8 Å². The van der Waals surface area contributed by atoms with Crippen LogP contribution >= 0.6 is 0 Å². The molecule has 0 aliphatic rings. The third kappa shape index (κ3) is 5.92. The van der Waals surface area contributed by atoms with Gasteiger partial charge in [0, 0.05) is 18.1 Å². The molecular formula is C21H22N4O5S. The summed E-state index contributed by atoms with van der Waals surface area (Å²) in [6.07, 6.45) is 2.73. The summed E-state index contributed by atoms with van der Waals surface area (Å²) in [6.45, 7) is 3.73. The van der Waals surface area contributed by atoms with Crippen LogP contribution in [0, 0.1) is 13.8 Å². The van der Waals surface area contributed by atoms with Gasteiger partial charge < -0.3 is 14.8 Å². The van der Waals surface area contributed by atoms with Crippen molar-refractivity contribution in [2.75, 3.05) is 23.8 Å². The number of nitrogens with one attached hydrogen (secondary N) is 2. The first-order valence-electron chi connectivity index (χ1n) is 9.25. The van der Waals surface area contributed by atoms with Crippen molar-refractivity contribution in [3.8, 4) is 11.6 Å². The Labute approximate surface area is 180 Å². The van der Waals surface area contributed by atoms with E-state index in [0.29, 0.717) is 11.4 Å². The Bertz CT molecular complexity index is 1160. The number of benzene rings is 2. The molecule has 0 aliphatic carbocycles. The fraction of sp³-hybridized carbons (Fsp3) is 0.190. The van der Waals surface area contributed by atoms with Gasteiger partial charge in [0.25, 0.3) is 21.8 Å². The molecule has 0 atom stereocenters. The van der Waals surface area contributed by atoms with Gasteiger partial charge in [-0.2, -0.15) is 0 Å². The number of methoxy groups -OCH3 is 1. The second-order valence-electron chi connectivity index (χ2n) is 6.70. The number of anilines is 2. The number of amides is 1. The molecule has 0 unspecified atom stereocenters. The number of nitrogens with zero attached hydrogens (tertiary/aromatic N) is 2. The lowest BCUT2D eigenvalue weighted by atomic mass is 10.1. The molecule has 1 amide bonds. The van der Waals surface area contributed by atoms with Crippen LogP contribution in [0.25, 0.3) is 0 Å². The molecule has 0 radical (unpaired) electrons. The fourth-order valence-corrected chi connectivity index (χ4v) is 3.82. The van der Waals surface area contributed by atoms with E-state index in [1.165, 1.54) is 43.8 Å². The number of carbonyl (C=O) groups is 1. The molecular weight excluding hydrogens is 420 g/mol. The largest absolute Gasteiger partial charge is 0.484 e. The maximum Gasteiger partial charge on any atom is 0.263 e. The zero-order chi connectivity index (χ0) is 22.4. The van der Waals surface area contributed by atoms with Crippen molar-refractivity contribution in [3.63, 3.8) is 0 Å². The zero-order valence-corrected chi connectivity index (χ0v) is 18.1. The third-order valence-corrected chi connectivity index (χ3v) is 5.46. The standard InChI is InChI=1S/C21H22N4O5S/c1-14-10-15(2)12-17(11-14)30-13-19(26)24-16-4-6-18(7-5-16)31(27,28)25-20-21(29-3)23-9-8-22-20/h4-12H,13H2,1-3H3,(H,22,25)(H,24,26). The molecule has 0 bridgehead atoms. The molecule has 2 N–H and O–H groups in total. The minimum Gasteiger partial charge on any atom is -0.484 e. The van der Waals surface area contributed by atoms with E-state index in [4.69, 9.17) is 9.47 Å². The predicted octanol–water partition coefficient (Wildman–Crippen LogP) is 2.92. The summed E-state index contributed by atoms with van der Waals surface area (Å²) in [4.78, 5) is 20.0. The van der Waals surface area contributed by atoms with Gasteiger partial charge in [0.05, 0.1) is 12.0 Å². The second kappa shape index (κ2) is 9.43. The molecule has 31 heavy (non-hydrogen) atoms. The predicted molar refractivity (Wildman–Crippen MR) is 116 cm³/mol. The van der Waals surface area contributed by atoms with Crippen LogP contribution in [0.2, 0.25) is 0 Å². The summed E-state index contributed by atoms with van der Waals surface area (Å²) in [5.41, 5.74) is 2.52. The Morgan fingerprint density at radius 1 is 1.00 bits per heavy atom. The number of aromatic nitrogens is 2. The normalized spacial score (nSPS) is 10.9. The Morgan fingerprint density at radius 3 is 2.29 bits per heavy atom. The molecule has 3 aromatic rings. The smallest absolute Gasteiger partial charge is 0.263 e. The van der Waals surface area contributed by atoms with Crippen molar-refractivity contribution in [1.82, 2.24) is 9.97 Å². The van der Waals surface area contributed by atoms with Crippen LogP contribution in [0.4, 0.5) is 11.5 Å². The zero-order valence-electron chi connectivity index (χ0n) is 17.2. The second-order valence-corrected chi connectivity index (χ2v) is 8.39. The van der Waals surface area contributed by atoms with Crippen molar-refractivity contribution in [3.05, 3.63) is 66.0 Å². The molecule has 10 heteroatoms. The van der Waals surface area contributed by atoms with Crippen molar-refractivity contribution in [2.24, 2.45) is 0 Å².